The van der Waals surface area contributed by atoms with Gasteiger partial charge in [-0.3, -0.25) is 4.79 Å². The predicted molar refractivity (Wildman–Crippen MR) is 108 cm³/mol. The summed E-state index contributed by atoms with van der Waals surface area (Å²) in [5, 5.41) is 0. The summed E-state index contributed by atoms with van der Waals surface area (Å²) < 4.78 is 31.0. The van der Waals surface area contributed by atoms with E-state index >= 15 is 0 Å². The number of carbonyl (C=O) groups excluding carboxylic acids is 1. The summed E-state index contributed by atoms with van der Waals surface area (Å²) in [6, 6.07) is 17.2. The lowest BCUT2D eigenvalue weighted by Crippen LogP contribution is -2.30. The van der Waals surface area contributed by atoms with Crippen LogP contribution in [0.3, 0.4) is 0 Å². The fourth-order valence-corrected chi connectivity index (χ4v) is 3.60. The molecule has 0 aliphatic carbocycles. The Hall–Kier alpha value is -2.90. The van der Waals surface area contributed by atoms with Gasteiger partial charge in [0.15, 0.2) is 0 Å². The lowest BCUT2D eigenvalue weighted by Gasteiger charge is -2.22. The Balaban J connectivity index is 1.93. The SMILES string of the molecule is Cc1ccc(N(Cc2ccco2)C(=O)c2ccc(S(=O)(=O)N(C)C)cc2)cc1. The standard InChI is InChI=1S/C21H22N2O4S/c1-16-6-10-18(11-7-16)23(15-19-5-4-14-27-19)21(24)17-8-12-20(13-9-17)28(25,26)22(2)3/h4-14H,15H2,1-3H3. The summed E-state index contributed by atoms with van der Waals surface area (Å²) in [4.78, 5) is 14.9. The van der Waals surface area contributed by atoms with Crippen molar-refractivity contribution < 1.29 is 17.6 Å². The van der Waals surface area contributed by atoms with Gasteiger partial charge in [-0.15, -0.1) is 0 Å². The van der Waals surface area contributed by atoms with Gasteiger partial charge in [0.25, 0.3) is 5.91 Å². The molecule has 3 aromatic rings. The highest BCUT2D eigenvalue weighted by Crippen LogP contribution is 2.22. The number of amides is 1. The molecule has 1 aromatic heterocycles. The number of furan rings is 1. The first kappa shape index (κ1) is 19.9. The van der Waals surface area contributed by atoms with Crippen molar-refractivity contribution in [1.82, 2.24) is 4.31 Å². The van der Waals surface area contributed by atoms with Crippen molar-refractivity contribution in [2.24, 2.45) is 0 Å². The van der Waals surface area contributed by atoms with Gasteiger partial charge >= 0.3 is 0 Å². The minimum Gasteiger partial charge on any atom is -0.467 e. The average Bonchev–Trinajstić information content (AvgIpc) is 3.20. The van der Waals surface area contributed by atoms with E-state index in [0.29, 0.717) is 11.3 Å². The van der Waals surface area contributed by atoms with E-state index in [1.165, 1.54) is 38.4 Å². The van der Waals surface area contributed by atoms with Crippen LogP contribution in [-0.4, -0.2) is 32.7 Å². The van der Waals surface area contributed by atoms with Crippen LogP contribution in [0.5, 0.6) is 0 Å². The Kier molecular flexibility index (Phi) is 5.67. The van der Waals surface area contributed by atoms with Crippen molar-refractivity contribution >= 4 is 21.6 Å². The molecule has 0 aliphatic rings. The van der Waals surface area contributed by atoms with Crippen LogP contribution >= 0.6 is 0 Å². The Morgan fingerprint density at radius 2 is 1.61 bits per heavy atom. The molecule has 28 heavy (non-hydrogen) atoms. The third kappa shape index (κ3) is 4.16. The maximum atomic E-state index is 13.2. The Labute approximate surface area is 165 Å². The largest absolute Gasteiger partial charge is 0.467 e. The second kappa shape index (κ2) is 8.00. The molecule has 1 heterocycles. The number of nitrogens with zero attached hydrogens (tertiary/aromatic N) is 2. The van der Waals surface area contributed by atoms with Crippen LogP contribution in [0.25, 0.3) is 0 Å². The van der Waals surface area contributed by atoms with Crippen LogP contribution < -0.4 is 4.90 Å². The first-order chi connectivity index (χ1) is 13.3. The lowest BCUT2D eigenvalue weighted by atomic mass is 10.1. The van der Waals surface area contributed by atoms with E-state index in [4.69, 9.17) is 4.42 Å². The molecule has 1 amide bonds. The molecule has 2 aromatic carbocycles. The highest BCUT2D eigenvalue weighted by molar-refractivity contribution is 7.89. The fourth-order valence-electron chi connectivity index (χ4n) is 2.70. The molecule has 0 aliphatic heterocycles. The maximum Gasteiger partial charge on any atom is 0.258 e. The van der Waals surface area contributed by atoms with Crippen LogP contribution in [0.2, 0.25) is 0 Å². The van der Waals surface area contributed by atoms with Gasteiger partial charge in [-0.25, -0.2) is 12.7 Å². The molecule has 146 valence electrons. The molecule has 7 heteroatoms. The molecule has 0 unspecified atom stereocenters. The zero-order chi connectivity index (χ0) is 20.3. The smallest absolute Gasteiger partial charge is 0.258 e. The van der Waals surface area contributed by atoms with Gasteiger partial charge < -0.3 is 9.32 Å². The van der Waals surface area contributed by atoms with Crippen molar-refractivity contribution in [3.63, 3.8) is 0 Å². The van der Waals surface area contributed by atoms with Gasteiger partial charge in [0.2, 0.25) is 10.0 Å². The summed E-state index contributed by atoms with van der Waals surface area (Å²) in [6.45, 7) is 2.25. The second-order valence-corrected chi connectivity index (χ2v) is 8.77. The molecule has 0 radical (unpaired) electrons. The van der Waals surface area contributed by atoms with Crippen molar-refractivity contribution in [1.29, 1.82) is 0 Å². The van der Waals surface area contributed by atoms with Crippen molar-refractivity contribution in [2.75, 3.05) is 19.0 Å². The number of aryl methyl sites for hydroxylation is 1. The second-order valence-electron chi connectivity index (χ2n) is 6.62. The van der Waals surface area contributed by atoms with E-state index in [0.717, 1.165) is 15.6 Å². The normalized spacial score (nSPS) is 11.6. The quantitative estimate of drug-likeness (QED) is 0.635. The monoisotopic (exact) mass is 398 g/mol. The minimum absolute atomic E-state index is 0.141. The highest BCUT2D eigenvalue weighted by Gasteiger charge is 2.21. The molecule has 0 N–H and O–H groups in total. The minimum atomic E-state index is -3.54. The molecule has 0 saturated heterocycles. The van der Waals surface area contributed by atoms with Gasteiger partial charge in [0.05, 0.1) is 17.7 Å². The zero-order valence-electron chi connectivity index (χ0n) is 16.0. The predicted octanol–water partition coefficient (Wildman–Crippen LogP) is 3.69. The molecular weight excluding hydrogens is 376 g/mol. The molecule has 0 bridgehead atoms. The summed E-state index contributed by atoms with van der Waals surface area (Å²) in [7, 11) is -0.606. The molecule has 0 fully saturated rings. The van der Waals surface area contributed by atoms with Gasteiger partial charge in [-0.05, 0) is 55.5 Å². The van der Waals surface area contributed by atoms with Gasteiger partial charge in [-0.1, -0.05) is 17.7 Å². The first-order valence-corrected chi connectivity index (χ1v) is 10.2. The van der Waals surface area contributed by atoms with Crippen LogP contribution in [0.4, 0.5) is 5.69 Å². The van der Waals surface area contributed by atoms with Crippen molar-refractivity contribution in [3.05, 3.63) is 83.8 Å². The first-order valence-electron chi connectivity index (χ1n) is 8.72. The number of carbonyl (C=O) groups is 1. The van der Waals surface area contributed by atoms with E-state index < -0.39 is 10.0 Å². The van der Waals surface area contributed by atoms with Gasteiger partial charge in [0.1, 0.15) is 5.76 Å². The van der Waals surface area contributed by atoms with Crippen LogP contribution in [0, 0.1) is 6.92 Å². The molecule has 0 spiro atoms. The fraction of sp³-hybridized carbons (Fsp3) is 0.190. The van der Waals surface area contributed by atoms with Crippen molar-refractivity contribution in [2.45, 2.75) is 18.4 Å². The number of hydrogen-bond acceptors (Lipinski definition) is 4. The van der Waals surface area contributed by atoms with E-state index in [1.54, 1.807) is 23.3 Å². The molecule has 3 rings (SSSR count). The summed E-state index contributed by atoms with van der Waals surface area (Å²) in [5.74, 6) is 0.412. The van der Waals surface area contributed by atoms with Crippen LogP contribution in [-0.2, 0) is 16.6 Å². The van der Waals surface area contributed by atoms with Gasteiger partial charge in [-0.2, -0.15) is 0 Å². The van der Waals surface area contributed by atoms with E-state index in [1.807, 2.05) is 31.2 Å². The van der Waals surface area contributed by atoms with Crippen molar-refractivity contribution in [3.8, 4) is 0 Å². The lowest BCUT2D eigenvalue weighted by molar-refractivity contribution is 0.0983. The third-order valence-corrected chi connectivity index (χ3v) is 6.19. The Morgan fingerprint density at radius 1 is 0.964 bits per heavy atom. The van der Waals surface area contributed by atoms with E-state index in [9.17, 15) is 13.2 Å². The molecule has 0 saturated carbocycles. The summed E-state index contributed by atoms with van der Waals surface area (Å²) in [6.07, 6.45) is 1.56. The number of benzene rings is 2. The maximum absolute atomic E-state index is 13.2. The van der Waals surface area contributed by atoms with E-state index in [2.05, 4.69) is 0 Å². The molecule has 6 nitrogen and oxygen atoms in total. The third-order valence-electron chi connectivity index (χ3n) is 4.36. The van der Waals surface area contributed by atoms with Crippen LogP contribution in [0.1, 0.15) is 21.7 Å². The number of hydrogen-bond donors (Lipinski definition) is 0. The molecule has 0 atom stereocenters. The van der Waals surface area contributed by atoms with Gasteiger partial charge in [0, 0.05) is 25.3 Å². The highest BCUT2D eigenvalue weighted by atomic mass is 32.2. The average molecular weight is 398 g/mol. The van der Waals surface area contributed by atoms with Crippen LogP contribution in [0.15, 0.2) is 76.2 Å². The molecular formula is C21H22N2O4S. The van der Waals surface area contributed by atoms with E-state index in [-0.39, 0.29) is 17.3 Å². The number of sulfonamides is 1. The zero-order valence-corrected chi connectivity index (χ0v) is 16.8. The number of anilines is 1. The Bertz CT molecular complexity index is 1040. The topological polar surface area (TPSA) is 70.8 Å². The summed E-state index contributed by atoms with van der Waals surface area (Å²) in [5.41, 5.74) is 2.22. The summed E-state index contributed by atoms with van der Waals surface area (Å²) >= 11 is 0. The Morgan fingerprint density at radius 3 is 2.14 bits per heavy atom. The number of rotatable bonds is 6.